The third-order valence-electron chi connectivity index (χ3n) is 2.94. The number of hydrogen-bond acceptors (Lipinski definition) is 3. The van der Waals surface area contributed by atoms with Crippen LogP contribution in [-0.2, 0) is 26.9 Å². The average molecular weight is 319 g/mol. The standard InChI is InChI=1S/C14H16F3NO4/c1-13(8-22-2,12(20)21)18-11(19)7-9-4-3-5-10(6-9)14(15,16)17/h3-6H,7-8H2,1-2H3,(H,18,19)(H,20,21). The van der Waals surface area contributed by atoms with Crippen molar-refractivity contribution < 1.29 is 32.6 Å². The molecule has 1 aromatic rings. The summed E-state index contributed by atoms with van der Waals surface area (Å²) in [7, 11) is 1.28. The van der Waals surface area contributed by atoms with Gasteiger partial charge in [0.05, 0.1) is 18.6 Å². The Hall–Kier alpha value is -2.09. The van der Waals surface area contributed by atoms with E-state index in [4.69, 9.17) is 9.84 Å². The van der Waals surface area contributed by atoms with Gasteiger partial charge in [-0.25, -0.2) is 4.79 Å². The van der Waals surface area contributed by atoms with Crippen LogP contribution in [-0.4, -0.2) is 36.2 Å². The van der Waals surface area contributed by atoms with Gasteiger partial charge in [0, 0.05) is 7.11 Å². The molecule has 1 aromatic carbocycles. The summed E-state index contributed by atoms with van der Waals surface area (Å²) in [5, 5.41) is 11.3. The lowest BCUT2D eigenvalue weighted by atomic mass is 10.0. The van der Waals surface area contributed by atoms with Crippen LogP contribution in [0.15, 0.2) is 24.3 Å². The summed E-state index contributed by atoms with van der Waals surface area (Å²) in [6.07, 6.45) is -4.87. The van der Waals surface area contributed by atoms with Gasteiger partial charge in [0.1, 0.15) is 0 Å². The van der Waals surface area contributed by atoms with Crippen molar-refractivity contribution in [2.24, 2.45) is 0 Å². The number of alkyl halides is 3. The van der Waals surface area contributed by atoms with Gasteiger partial charge in [-0.15, -0.1) is 0 Å². The summed E-state index contributed by atoms with van der Waals surface area (Å²) in [6.45, 7) is 0.986. The van der Waals surface area contributed by atoms with Gasteiger partial charge in [-0.05, 0) is 18.6 Å². The smallest absolute Gasteiger partial charge is 0.416 e. The highest BCUT2D eigenvalue weighted by atomic mass is 19.4. The number of carboxylic acid groups (broad SMARTS) is 1. The Morgan fingerprint density at radius 2 is 1.95 bits per heavy atom. The first-order valence-corrected chi connectivity index (χ1v) is 6.28. The lowest BCUT2D eigenvalue weighted by Crippen LogP contribution is -2.55. The number of aliphatic carboxylic acids is 1. The van der Waals surface area contributed by atoms with E-state index in [0.717, 1.165) is 12.1 Å². The molecule has 0 aliphatic carbocycles. The third-order valence-corrected chi connectivity index (χ3v) is 2.94. The predicted molar refractivity (Wildman–Crippen MR) is 71.2 cm³/mol. The molecule has 0 aliphatic rings. The van der Waals surface area contributed by atoms with E-state index in [1.807, 2.05) is 0 Å². The van der Waals surface area contributed by atoms with Crippen molar-refractivity contribution in [3.8, 4) is 0 Å². The number of amides is 1. The molecule has 1 unspecified atom stereocenters. The SMILES string of the molecule is COCC(C)(NC(=O)Cc1cccc(C(F)(F)F)c1)C(=O)O. The second-order valence-electron chi connectivity index (χ2n) is 4.99. The maximum atomic E-state index is 12.6. The average Bonchev–Trinajstić information content (AvgIpc) is 2.37. The Morgan fingerprint density at radius 3 is 2.45 bits per heavy atom. The molecule has 5 nitrogen and oxygen atoms in total. The van der Waals surface area contributed by atoms with Crippen molar-refractivity contribution in [2.45, 2.75) is 25.1 Å². The Balaban J connectivity index is 2.83. The molecule has 0 spiro atoms. The van der Waals surface area contributed by atoms with Gasteiger partial charge in [0.15, 0.2) is 5.54 Å². The van der Waals surface area contributed by atoms with E-state index >= 15 is 0 Å². The molecule has 0 saturated carbocycles. The van der Waals surface area contributed by atoms with Gasteiger partial charge < -0.3 is 15.2 Å². The number of nitrogens with one attached hydrogen (secondary N) is 1. The van der Waals surface area contributed by atoms with Crippen LogP contribution in [0.4, 0.5) is 13.2 Å². The van der Waals surface area contributed by atoms with Gasteiger partial charge in [0.2, 0.25) is 5.91 Å². The van der Waals surface area contributed by atoms with Crippen LogP contribution in [0.3, 0.4) is 0 Å². The first kappa shape index (κ1) is 18.0. The largest absolute Gasteiger partial charge is 0.479 e. The number of ether oxygens (including phenoxy) is 1. The van der Waals surface area contributed by atoms with Crippen LogP contribution in [0.2, 0.25) is 0 Å². The topological polar surface area (TPSA) is 75.6 Å². The molecular weight excluding hydrogens is 303 g/mol. The second-order valence-corrected chi connectivity index (χ2v) is 4.99. The number of rotatable bonds is 6. The van der Waals surface area contributed by atoms with Gasteiger partial charge >= 0.3 is 12.1 Å². The minimum absolute atomic E-state index is 0.137. The van der Waals surface area contributed by atoms with Gasteiger partial charge in [-0.3, -0.25) is 4.79 Å². The molecule has 1 atom stereocenters. The Bertz CT molecular complexity index is 559. The number of carbonyl (C=O) groups excluding carboxylic acids is 1. The Labute approximate surface area is 125 Å². The monoisotopic (exact) mass is 319 g/mol. The molecule has 0 aromatic heterocycles. The number of benzene rings is 1. The van der Waals surface area contributed by atoms with Crippen molar-refractivity contribution >= 4 is 11.9 Å². The lowest BCUT2D eigenvalue weighted by Gasteiger charge is -2.25. The second kappa shape index (κ2) is 6.78. The van der Waals surface area contributed by atoms with Gasteiger partial charge in [-0.1, -0.05) is 18.2 Å². The molecule has 2 N–H and O–H groups in total. The van der Waals surface area contributed by atoms with E-state index in [2.05, 4.69) is 5.32 Å². The van der Waals surface area contributed by atoms with E-state index in [0.29, 0.717) is 0 Å². The Kier molecular flexibility index (Phi) is 5.54. The maximum Gasteiger partial charge on any atom is 0.416 e. The number of carbonyl (C=O) groups is 2. The molecule has 122 valence electrons. The highest BCUT2D eigenvalue weighted by molar-refractivity contribution is 5.87. The van der Waals surface area contributed by atoms with Gasteiger partial charge in [0.25, 0.3) is 0 Å². The van der Waals surface area contributed by atoms with E-state index in [-0.39, 0.29) is 18.6 Å². The van der Waals surface area contributed by atoms with Crippen LogP contribution in [0.5, 0.6) is 0 Å². The quantitative estimate of drug-likeness (QED) is 0.839. The summed E-state index contributed by atoms with van der Waals surface area (Å²) < 4.78 is 42.5. The number of halogens is 3. The Morgan fingerprint density at radius 1 is 1.32 bits per heavy atom. The number of carboxylic acids is 1. The van der Waals surface area contributed by atoms with Gasteiger partial charge in [-0.2, -0.15) is 13.2 Å². The third kappa shape index (κ3) is 4.73. The van der Waals surface area contributed by atoms with Crippen LogP contribution < -0.4 is 5.32 Å². The van der Waals surface area contributed by atoms with Crippen LogP contribution in [0.1, 0.15) is 18.1 Å². The molecule has 0 radical (unpaired) electrons. The highest BCUT2D eigenvalue weighted by Crippen LogP contribution is 2.29. The lowest BCUT2D eigenvalue weighted by molar-refractivity contribution is -0.149. The molecule has 0 bridgehead atoms. The zero-order chi connectivity index (χ0) is 17.0. The normalized spacial score (nSPS) is 14.2. The summed E-state index contributed by atoms with van der Waals surface area (Å²) in [4.78, 5) is 23.0. The molecule has 0 aliphatic heterocycles. The fourth-order valence-electron chi connectivity index (χ4n) is 1.83. The predicted octanol–water partition coefficient (Wildman–Crippen LogP) is 1.85. The molecule has 8 heteroatoms. The number of hydrogen-bond donors (Lipinski definition) is 2. The minimum atomic E-state index is -4.50. The summed E-state index contributed by atoms with van der Waals surface area (Å²) in [5.74, 6) is -2.01. The molecule has 0 fully saturated rings. The van der Waals surface area contributed by atoms with Crippen molar-refractivity contribution in [3.63, 3.8) is 0 Å². The van der Waals surface area contributed by atoms with Crippen LogP contribution >= 0.6 is 0 Å². The fourth-order valence-corrected chi connectivity index (χ4v) is 1.83. The maximum absolute atomic E-state index is 12.6. The van der Waals surface area contributed by atoms with E-state index in [9.17, 15) is 22.8 Å². The minimum Gasteiger partial charge on any atom is -0.479 e. The van der Waals surface area contributed by atoms with E-state index in [1.165, 1.54) is 26.2 Å². The van der Waals surface area contributed by atoms with Crippen LogP contribution in [0, 0.1) is 0 Å². The van der Waals surface area contributed by atoms with Crippen molar-refractivity contribution in [1.29, 1.82) is 0 Å². The van der Waals surface area contributed by atoms with Crippen molar-refractivity contribution in [2.75, 3.05) is 13.7 Å². The molecule has 22 heavy (non-hydrogen) atoms. The zero-order valence-electron chi connectivity index (χ0n) is 12.0. The molecule has 1 amide bonds. The molecule has 0 heterocycles. The van der Waals surface area contributed by atoms with Crippen molar-refractivity contribution in [1.82, 2.24) is 5.32 Å². The number of methoxy groups -OCH3 is 1. The fraction of sp³-hybridized carbons (Fsp3) is 0.429. The first-order valence-electron chi connectivity index (χ1n) is 6.28. The summed E-state index contributed by atoms with van der Waals surface area (Å²) in [6, 6.07) is 4.31. The van der Waals surface area contributed by atoms with Crippen LogP contribution in [0.25, 0.3) is 0 Å². The van der Waals surface area contributed by atoms with Crippen molar-refractivity contribution in [3.05, 3.63) is 35.4 Å². The summed E-state index contributed by atoms with van der Waals surface area (Å²) in [5.41, 5.74) is -2.37. The van der Waals surface area contributed by atoms with E-state index in [1.54, 1.807) is 0 Å². The molecule has 1 rings (SSSR count). The highest BCUT2D eigenvalue weighted by Gasteiger charge is 2.35. The molecule has 0 saturated heterocycles. The first-order chi connectivity index (χ1) is 10.1. The van der Waals surface area contributed by atoms with E-state index < -0.39 is 29.2 Å². The zero-order valence-corrected chi connectivity index (χ0v) is 12.0. The molecular formula is C14H16F3NO4. The summed E-state index contributed by atoms with van der Waals surface area (Å²) >= 11 is 0.